The first-order chi connectivity index (χ1) is 12.5. The van der Waals surface area contributed by atoms with E-state index in [-0.39, 0.29) is 35.8 Å². The molecule has 164 valence electrons. The molecule has 0 atom stereocenters. The van der Waals surface area contributed by atoms with Gasteiger partial charge in [0.2, 0.25) is 5.91 Å². The number of guanidine groups is 1. The molecule has 1 aliphatic rings. The SMILES string of the molecule is CN=C(NCCCNC(=O)C1CCC1)NCC(C)(C)NC(=O)OC(C)(C)C.I. The van der Waals surface area contributed by atoms with Crippen molar-refractivity contribution in [3.05, 3.63) is 0 Å². The fourth-order valence-corrected chi connectivity index (χ4v) is 2.47. The number of hydrogen-bond donors (Lipinski definition) is 4. The zero-order valence-electron chi connectivity index (χ0n) is 18.1. The maximum Gasteiger partial charge on any atom is 0.408 e. The Bertz CT molecular complexity index is 528. The third-order valence-electron chi connectivity index (χ3n) is 4.18. The predicted octanol–water partition coefficient (Wildman–Crippen LogP) is 2.38. The number of halogens is 1. The number of ether oxygens (including phenoxy) is 1. The van der Waals surface area contributed by atoms with Crippen LogP contribution in [0.2, 0.25) is 0 Å². The molecule has 0 aromatic heterocycles. The van der Waals surface area contributed by atoms with Crippen LogP contribution in [0.1, 0.15) is 60.3 Å². The van der Waals surface area contributed by atoms with Crippen LogP contribution in [0.15, 0.2) is 4.99 Å². The molecule has 0 heterocycles. The fourth-order valence-electron chi connectivity index (χ4n) is 2.47. The van der Waals surface area contributed by atoms with Crippen molar-refractivity contribution in [1.29, 1.82) is 0 Å². The van der Waals surface area contributed by atoms with Gasteiger partial charge in [-0.1, -0.05) is 6.42 Å². The number of carbonyl (C=O) groups is 2. The standard InChI is InChI=1S/C19H37N5O3.HI/c1-18(2,3)27-17(26)24-19(4,5)13-23-16(20-6)22-12-8-11-21-15(25)14-9-7-10-14;/h14H,7-13H2,1-6H3,(H,21,25)(H,24,26)(H2,20,22,23);1H. The van der Waals surface area contributed by atoms with Gasteiger partial charge < -0.3 is 26.0 Å². The Morgan fingerprint density at radius 1 is 1.04 bits per heavy atom. The largest absolute Gasteiger partial charge is 0.444 e. The van der Waals surface area contributed by atoms with E-state index in [4.69, 9.17) is 4.74 Å². The second-order valence-electron chi connectivity index (χ2n) is 8.64. The molecule has 0 aromatic carbocycles. The Labute approximate surface area is 186 Å². The average molecular weight is 511 g/mol. The Morgan fingerprint density at radius 2 is 1.64 bits per heavy atom. The van der Waals surface area contributed by atoms with E-state index in [9.17, 15) is 9.59 Å². The number of aliphatic imine (C=N–C) groups is 1. The van der Waals surface area contributed by atoms with Gasteiger partial charge in [-0.15, -0.1) is 24.0 Å². The summed E-state index contributed by atoms with van der Waals surface area (Å²) >= 11 is 0. The predicted molar refractivity (Wildman–Crippen MR) is 123 cm³/mol. The van der Waals surface area contributed by atoms with Crippen LogP contribution in [-0.2, 0) is 9.53 Å². The van der Waals surface area contributed by atoms with Gasteiger partial charge in [-0.2, -0.15) is 0 Å². The molecule has 2 amide bonds. The van der Waals surface area contributed by atoms with E-state index >= 15 is 0 Å². The molecule has 0 aliphatic heterocycles. The first kappa shape index (κ1) is 26.7. The topological polar surface area (TPSA) is 104 Å². The molecule has 8 nitrogen and oxygen atoms in total. The maximum atomic E-state index is 11.9. The minimum absolute atomic E-state index is 0. The summed E-state index contributed by atoms with van der Waals surface area (Å²) in [4.78, 5) is 27.8. The van der Waals surface area contributed by atoms with Crippen LogP contribution < -0.4 is 21.3 Å². The summed E-state index contributed by atoms with van der Waals surface area (Å²) in [5.74, 6) is 1.06. The van der Waals surface area contributed by atoms with Gasteiger partial charge in [0.05, 0.1) is 5.54 Å². The molecular formula is C19H38IN5O3. The first-order valence-electron chi connectivity index (χ1n) is 9.76. The van der Waals surface area contributed by atoms with Crippen LogP contribution in [0.3, 0.4) is 0 Å². The van der Waals surface area contributed by atoms with Crippen LogP contribution in [0.5, 0.6) is 0 Å². The molecule has 0 radical (unpaired) electrons. The van der Waals surface area contributed by atoms with Gasteiger partial charge in [-0.25, -0.2) is 4.79 Å². The van der Waals surface area contributed by atoms with E-state index in [0.29, 0.717) is 25.6 Å². The van der Waals surface area contributed by atoms with E-state index in [0.717, 1.165) is 19.3 Å². The van der Waals surface area contributed by atoms with Crippen molar-refractivity contribution in [1.82, 2.24) is 21.3 Å². The Hall–Kier alpha value is -1.26. The lowest BCUT2D eigenvalue weighted by Crippen LogP contribution is -2.54. The summed E-state index contributed by atoms with van der Waals surface area (Å²) in [6.45, 7) is 11.2. The third kappa shape index (κ3) is 11.6. The van der Waals surface area contributed by atoms with Gasteiger partial charge >= 0.3 is 6.09 Å². The molecule has 1 saturated carbocycles. The summed E-state index contributed by atoms with van der Waals surface area (Å²) in [7, 11) is 1.70. The number of hydrogen-bond acceptors (Lipinski definition) is 4. The van der Waals surface area contributed by atoms with Gasteiger partial charge in [0.15, 0.2) is 5.96 Å². The van der Waals surface area contributed by atoms with E-state index < -0.39 is 17.2 Å². The number of alkyl carbamates (subject to hydrolysis) is 1. The van der Waals surface area contributed by atoms with Crippen LogP contribution in [0, 0.1) is 5.92 Å². The molecule has 0 saturated heterocycles. The maximum absolute atomic E-state index is 11.9. The van der Waals surface area contributed by atoms with Gasteiger partial charge in [-0.05, 0) is 53.9 Å². The molecule has 28 heavy (non-hydrogen) atoms. The van der Waals surface area contributed by atoms with Crippen LogP contribution >= 0.6 is 24.0 Å². The van der Waals surface area contributed by atoms with E-state index in [1.54, 1.807) is 7.05 Å². The molecule has 4 N–H and O–H groups in total. The number of carbonyl (C=O) groups excluding carboxylic acids is 2. The normalized spacial score (nSPS) is 15.0. The molecule has 0 spiro atoms. The van der Waals surface area contributed by atoms with Crippen molar-refractivity contribution in [2.24, 2.45) is 10.9 Å². The number of rotatable bonds is 8. The van der Waals surface area contributed by atoms with E-state index in [1.807, 2.05) is 34.6 Å². The van der Waals surface area contributed by atoms with Crippen molar-refractivity contribution in [3.8, 4) is 0 Å². The quantitative estimate of drug-likeness (QED) is 0.174. The van der Waals surface area contributed by atoms with Gasteiger partial charge in [0.1, 0.15) is 5.60 Å². The Balaban J connectivity index is 0.00000729. The second-order valence-corrected chi connectivity index (χ2v) is 8.64. The molecule has 1 aliphatic carbocycles. The molecule has 0 bridgehead atoms. The number of nitrogens with one attached hydrogen (secondary N) is 4. The number of nitrogens with zero attached hydrogens (tertiary/aromatic N) is 1. The summed E-state index contributed by atoms with van der Waals surface area (Å²) in [6.07, 6.45) is 3.58. The van der Waals surface area contributed by atoms with E-state index in [2.05, 4.69) is 26.3 Å². The lowest BCUT2D eigenvalue weighted by atomic mass is 9.85. The van der Waals surface area contributed by atoms with Crippen LogP contribution in [0.4, 0.5) is 4.79 Å². The third-order valence-corrected chi connectivity index (χ3v) is 4.18. The minimum Gasteiger partial charge on any atom is -0.444 e. The highest BCUT2D eigenvalue weighted by Gasteiger charge is 2.25. The molecule has 0 unspecified atom stereocenters. The van der Waals surface area contributed by atoms with Crippen LogP contribution in [-0.4, -0.2) is 55.8 Å². The fraction of sp³-hybridized carbons (Fsp3) is 0.842. The van der Waals surface area contributed by atoms with Gasteiger partial charge in [0, 0.05) is 32.6 Å². The highest BCUT2D eigenvalue weighted by Crippen LogP contribution is 2.25. The molecule has 9 heteroatoms. The van der Waals surface area contributed by atoms with Crippen molar-refractivity contribution in [3.63, 3.8) is 0 Å². The summed E-state index contributed by atoms with van der Waals surface area (Å²) < 4.78 is 5.29. The molecule has 1 rings (SSSR count). The zero-order chi connectivity index (χ0) is 20.5. The van der Waals surface area contributed by atoms with Gasteiger partial charge in [-0.3, -0.25) is 9.79 Å². The molecular weight excluding hydrogens is 473 g/mol. The van der Waals surface area contributed by atoms with E-state index in [1.165, 1.54) is 6.42 Å². The van der Waals surface area contributed by atoms with Gasteiger partial charge in [0.25, 0.3) is 0 Å². The highest BCUT2D eigenvalue weighted by molar-refractivity contribution is 14.0. The Kier molecular flexibility index (Phi) is 11.8. The van der Waals surface area contributed by atoms with Crippen molar-refractivity contribution >= 4 is 41.9 Å². The van der Waals surface area contributed by atoms with Crippen molar-refractivity contribution in [2.45, 2.75) is 71.4 Å². The average Bonchev–Trinajstić information content (AvgIpc) is 2.45. The summed E-state index contributed by atoms with van der Waals surface area (Å²) in [5, 5.41) is 12.2. The van der Waals surface area contributed by atoms with Crippen molar-refractivity contribution < 1.29 is 14.3 Å². The second kappa shape index (κ2) is 12.3. The monoisotopic (exact) mass is 511 g/mol. The van der Waals surface area contributed by atoms with Crippen LogP contribution in [0.25, 0.3) is 0 Å². The minimum atomic E-state index is -0.529. The lowest BCUT2D eigenvalue weighted by molar-refractivity contribution is -0.127. The zero-order valence-corrected chi connectivity index (χ0v) is 20.4. The smallest absolute Gasteiger partial charge is 0.408 e. The first-order valence-corrected chi connectivity index (χ1v) is 9.76. The summed E-state index contributed by atoms with van der Waals surface area (Å²) in [6, 6.07) is 0. The van der Waals surface area contributed by atoms with Crippen molar-refractivity contribution in [2.75, 3.05) is 26.7 Å². The Morgan fingerprint density at radius 3 is 2.14 bits per heavy atom. The molecule has 0 aromatic rings. The molecule has 1 fully saturated rings. The lowest BCUT2D eigenvalue weighted by Gasteiger charge is -2.29. The highest BCUT2D eigenvalue weighted by atomic mass is 127. The number of amides is 2. The summed E-state index contributed by atoms with van der Waals surface area (Å²) in [5.41, 5.74) is -1.03.